The van der Waals surface area contributed by atoms with Gasteiger partial charge in [0, 0.05) is 22.3 Å². The third-order valence-electron chi connectivity index (χ3n) is 4.32. The Labute approximate surface area is 171 Å². The van der Waals surface area contributed by atoms with Gasteiger partial charge < -0.3 is 9.15 Å². The van der Waals surface area contributed by atoms with Crippen LogP contribution in [0.1, 0.15) is 17.9 Å². The maximum Gasteiger partial charge on any atom is 0.306 e. The molecule has 0 bridgehead atoms. The molecule has 0 saturated heterocycles. The van der Waals surface area contributed by atoms with Crippen LogP contribution in [0, 0.1) is 0 Å². The average molecular weight is 413 g/mol. The van der Waals surface area contributed by atoms with Gasteiger partial charge in [0.25, 0.3) is 0 Å². The number of para-hydroxylation sites is 2. The SMILES string of the molecule is CSc1ccc2cc(COC(=O)CCc3nc4ccccc4o3)c(Cl)nc2c1. The van der Waals surface area contributed by atoms with Gasteiger partial charge in [-0.2, -0.15) is 0 Å². The Morgan fingerprint density at radius 3 is 2.82 bits per heavy atom. The lowest BCUT2D eigenvalue weighted by atomic mass is 10.1. The second-order valence-electron chi connectivity index (χ2n) is 6.23. The maximum atomic E-state index is 12.1. The number of esters is 1. The standard InChI is InChI=1S/C21H17ClN2O3S/c1-28-15-7-6-13-10-14(21(22)24-17(13)11-15)12-26-20(25)9-8-19-23-16-4-2-3-5-18(16)27-19/h2-7,10-11H,8-9,12H2,1H3. The van der Waals surface area contributed by atoms with Crippen LogP contribution in [-0.4, -0.2) is 22.2 Å². The second-order valence-corrected chi connectivity index (χ2v) is 7.47. The van der Waals surface area contributed by atoms with Crippen molar-refractivity contribution in [1.29, 1.82) is 0 Å². The molecule has 0 saturated carbocycles. The number of hydrogen-bond donors (Lipinski definition) is 0. The van der Waals surface area contributed by atoms with Gasteiger partial charge in [-0.25, -0.2) is 9.97 Å². The van der Waals surface area contributed by atoms with Crippen LogP contribution >= 0.6 is 23.4 Å². The van der Waals surface area contributed by atoms with Crippen molar-refractivity contribution in [3.8, 4) is 0 Å². The van der Waals surface area contributed by atoms with Crippen LogP contribution in [0.5, 0.6) is 0 Å². The highest BCUT2D eigenvalue weighted by Crippen LogP contribution is 2.25. The van der Waals surface area contributed by atoms with Crippen LogP contribution in [0.3, 0.4) is 0 Å². The Balaban J connectivity index is 1.38. The number of pyridine rings is 1. The minimum Gasteiger partial charge on any atom is -0.461 e. The molecule has 7 heteroatoms. The molecule has 2 aromatic heterocycles. The maximum absolute atomic E-state index is 12.1. The summed E-state index contributed by atoms with van der Waals surface area (Å²) in [6.45, 7) is 0.0818. The van der Waals surface area contributed by atoms with Crippen molar-refractivity contribution < 1.29 is 13.9 Å². The summed E-state index contributed by atoms with van der Waals surface area (Å²) in [6.07, 6.45) is 2.58. The zero-order valence-electron chi connectivity index (χ0n) is 15.1. The zero-order chi connectivity index (χ0) is 19.5. The van der Waals surface area contributed by atoms with E-state index in [0.717, 1.165) is 21.3 Å². The van der Waals surface area contributed by atoms with Crippen molar-refractivity contribution in [1.82, 2.24) is 9.97 Å². The number of nitrogens with zero attached hydrogens (tertiary/aromatic N) is 2. The van der Waals surface area contributed by atoms with E-state index in [1.165, 1.54) is 0 Å². The van der Waals surface area contributed by atoms with Crippen molar-refractivity contribution >= 4 is 51.3 Å². The number of carbonyl (C=O) groups is 1. The second kappa shape index (κ2) is 8.20. The quantitative estimate of drug-likeness (QED) is 0.239. The molecular formula is C21H17ClN2O3S. The number of aromatic nitrogens is 2. The summed E-state index contributed by atoms with van der Waals surface area (Å²) in [5.41, 5.74) is 3.00. The minimum atomic E-state index is -0.337. The Hall–Kier alpha value is -2.57. The predicted octanol–water partition coefficient (Wildman–Crippen LogP) is 5.43. The molecule has 4 aromatic rings. The average Bonchev–Trinajstić information content (AvgIpc) is 3.13. The van der Waals surface area contributed by atoms with E-state index in [1.54, 1.807) is 11.8 Å². The summed E-state index contributed by atoms with van der Waals surface area (Å²) < 4.78 is 11.0. The number of ether oxygens (including phenoxy) is 1. The third-order valence-corrected chi connectivity index (χ3v) is 5.37. The molecule has 0 aliphatic heterocycles. The minimum absolute atomic E-state index is 0.0818. The third kappa shape index (κ3) is 4.13. The van der Waals surface area contributed by atoms with Crippen LogP contribution in [0.15, 0.2) is 57.8 Å². The molecule has 0 amide bonds. The van der Waals surface area contributed by atoms with Crippen molar-refractivity contribution in [2.45, 2.75) is 24.3 Å². The van der Waals surface area contributed by atoms with Gasteiger partial charge in [0.15, 0.2) is 11.5 Å². The Kier molecular flexibility index (Phi) is 5.50. The van der Waals surface area contributed by atoms with Crippen molar-refractivity contribution in [3.63, 3.8) is 0 Å². The fourth-order valence-electron chi connectivity index (χ4n) is 2.86. The van der Waals surface area contributed by atoms with E-state index in [4.69, 9.17) is 20.8 Å². The summed E-state index contributed by atoms with van der Waals surface area (Å²) in [4.78, 5) is 22.0. The number of oxazole rings is 1. The van der Waals surface area contributed by atoms with Crippen molar-refractivity contribution in [2.75, 3.05) is 6.26 Å². The van der Waals surface area contributed by atoms with E-state index >= 15 is 0 Å². The Morgan fingerprint density at radius 2 is 2.00 bits per heavy atom. The molecule has 28 heavy (non-hydrogen) atoms. The van der Waals surface area contributed by atoms with Crippen molar-refractivity contribution in [2.24, 2.45) is 0 Å². The number of halogens is 1. The first kappa shape index (κ1) is 18.8. The van der Waals surface area contributed by atoms with Crippen LogP contribution in [0.25, 0.3) is 22.0 Å². The van der Waals surface area contributed by atoms with Gasteiger partial charge in [0.2, 0.25) is 0 Å². The molecule has 0 radical (unpaired) electrons. The number of benzene rings is 2. The van der Waals surface area contributed by atoms with Crippen LogP contribution in [0.4, 0.5) is 0 Å². The number of thioether (sulfide) groups is 1. The highest BCUT2D eigenvalue weighted by Gasteiger charge is 2.12. The first-order valence-electron chi connectivity index (χ1n) is 8.75. The first-order chi connectivity index (χ1) is 13.6. The van der Waals surface area contributed by atoms with Gasteiger partial charge in [-0.1, -0.05) is 29.8 Å². The summed E-state index contributed by atoms with van der Waals surface area (Å²) in [7, 11) is 0. The predicted molar refractivity (Wildman–Crippen MR) is 111 cm³/mol. The molecular weight excluding hydrogens is 396 g/mol. The molecule has 0 fully saturated rings. The van der Waals surface area contributed by atoms with Gasteiger partial charge >= 0.3 is 5.97 Å². The number of hydrogen-bond acceptors (Lipinski definition) is 6. The lowest BCUT2D eigenvalue weighted by molar-refractivity contribution is -0.145. The summed E-state index contributed by atoms with van der Waals surface area (Å²) >= 11 is 7.91. The molecule has 0 unspecified atom stereocenters. The van der Waals surface area contributed by atoms with E-state index in [2.05, 4.69) is 9.97 Å². The molecule has 0 aliphatic rings. The largest absolute Gasteiger partial charge is 0.461 e. The first-order valence-corrected chi connectivity index (χ1v) is 10.4. The topological polar surface area (TPSA) is 65.2 Å². The van der Waals surface area contributed by atoms with Gasteiger partial charge in [-0.05, 0) is 36.6 Å². The van der Waals surface area contributed by atoms with Gasteiger partial charge in [-0.3, -0.25) is 4.79 Å². The lowest BCUT2D eigenvalue weighted by Crippen LogP contribution is -2.06. The fourth-order valence-corrected chi connectivity index (χ4v) is 3.50. The van der Waals surface area contributed by atoms with E-state index in [-0.39, 0.29) is 19.0 Å². The van der Waals surface area contributed by atoms with Gasteiger partial charge in [-0.15, -0.1) is 11.8 Å². The zero-order valence-corrected chi connectivity index (χ0v) is 16.7. The molecule has 0 spiro atoms. The van der Waals surface area contributed by atoms with E-state index in [0.29, 0.717) is 28.6 Å². The summed E-state index contributed by atoms with van der Waals surface area (Å²) in [5.74, 6) is 0.185. The van der Waals surface area contributed by atoms with Crippen LogP contribution in [0.2, 0.25) is 5.15 Å². The smallest absolute Gasteiger partial charge is 0.306 e. The molecule has 2 aromatic carbocycles. The monoisotopic (exact) mass is 412 g/mol. The number of rotatable bonds is 6. The molecule has 0 atom stereocenters. The molecule has 142 valence electrons. The molecule has 2 heterocycles. The highest BCUT2D eigenvalue weighted by atomic mass is 35.5. The van der Waals surface area contributed by atoms with E-state index < -0.39 is 0 Å². The molecule has 0 N–H and O–H groups in total. The summed E-state index contributed by atoms with van der Waals surface area (Å²) in [5, 5.41) is 1.30. The van der Waals surface area contributed by atoms with Crippen LogP contribution in [-0.2, 0) is 22.6 Å². The lowest BCUT2D eigenvalue weighted by Gasteiger charge is -2.08. The fraction of sp³-hybridized carbons (Fsp3) is 0.190. The van der Waals surface area contributed by atoms with Gasteiger partial charge in [0.05, 0.1) is 11.9 Å². The highest BCUT2D eigenvalue weighted by molar-refractivity contribution is 7.98. The molecule has 5 nitrogen and oxygen atoms in total. The van der Waals surface area contributed by atoms with Crippen LogP contribution < -0.4 is 0 Å². The number of carbonyl (C=O) groups excluding carboxylic acids is 1. The Morgan fingerprint density at radius 1 is 1.14 bits per heavy atom. The van der Waals surface area contributed by atoms with Gasteiger partial charge in [0.1, 0.15) is 17.3 Å². The number of fused-ring (bicyclic) bond motifs is 2. The molecule has 0 aliphatic carbocycles. The summed E-state index contributed by atoms with van der Waals surface area (Å²) in [6, 6.07) is 15.4. The van der Waals surface area contributed by atoms with E-state index in [9.17, 15) is 4.79 Å². The van der Waals surface area contributed by atoms with Crippen molar-refractivity contribution in [3.05, 3.63) is 65.1 Å². The number of aryl methyl sites for hydroxylation is 1. The Bertz CT molecular complexity index is 1130. The van der Waals surface area contributed by atoms with E-state index in [1.807, 2.05) is 54.8 Å². The molecule has 4 rings (SSSR count). The normalized spacial score (nSPS) is 11.2.